The molecule has 5 nitrogen and oxygen atoms in total. The van der Waals surface area contributed by atoms with Gasteiger partial charge in [0, 0.05) is 12.6 Å². The molecule has 0 spiro atoms. The van der Waals surface area contributed by atoms with E-state index < -0.39 is 0 Å². The number of ether oxygens (including phenoxy) is 2. The zero-order valence-electron chi connectivity index (χ0n) is 12.2. The van der Waals surface area contributed by atoms with Gasteiger partial charge in [0.15, 0.2) is 0 Å². The van der Waals surface area contributed by atoms with E-state index in [0.29, 0.717) is 25.7 Å². The molecule has 1 aromatic carbocycles. The largest absolute Gasteiger partial charge is 0.497 e. The van der Waals surface area contributed by atoms with Crippen LogP contribution in [0.4, 0.5) is 0 Å². The summed E-state index contributed by atoms with van der Waals surface area (Å²) in [6.45, 7) is 2.46. The zero-order chi connectivity index (χ0) is 14.7. The van der Waals surface area contributed by atoms with E-state index in [2.05, 4.69) is 16.3 Å². The highest BCUT2D eigenvalue weighted by molar-refractivity contribution is 5.79. The second-order valence-electron chi connectivity index (χ2n) is 5.41. The minimum Gasteiger partial charge on any atom is -0.497 e. The minimum atomic E-state index is 0.0997. The van der Waals surface area contributed by atoms with Crippen molar-refractivity contribution in [3.63, 3.8) is 0 Å². The summed E-state index contributed by atoms with van der Waals surface area (Å²) >= 11 is 0. The number of nitrogens with zero attached hydrogens (tertiary/aromatic N) is 1. The maximum atomic E-state index is 11.4. The molecule has 1 N–H and O–H groups in total. The lowest BCUT2D eigenvalue weighted by Crippen LogP contribution is -2.55. The van der Waals surface area contributed by atoms with E-state index in [0.717, 1.165) is 30.0 Å². The fourth-order valence-corrected chi connectivity index (χ4v) is 2.68. The maximum absolute atomic E-state index is 11.4. The number of carbonyl (C=O) groups is 1. The summed E-state index contributed by atoms with van der Waals surface area (Å²) < 4.78 is 11.0. The SMILES string of the molecule is COc1ccc(COC2=CCC3CNC(=O)CN3C2)cc1. The fraction of sp³-hybridized carbons (Fsp3) is 0.438. The minimum absolute atomic E-state index is 0.0997. The quantitative estimate of drug-likeness (QED) is 0.907. The number of amides is 1. The van der Waals surface area contributed by atoms with Gasteiger partial charge in [-0.3, -0.25) is 9.69 Å². The van der Waals surface area contributed by atoms with Gasteiger partial charge in [-0.2, -0.15) is 0 Å². The van der Waals surface area contributed by atoms with Crippen LogP contribution < -0.4 is 10.1 Å². The van der Waals surface area contributed by atoms with Gasteiger partial charge >= 0.3 is 0 Å². The Morgan fingerprint density at radius 3 is 2.86 bits per heavy atom. The fourth-order valence-electron chi connectivity index (χ4n) is 2.68. The summed E-state index contributed by atoms with van der Waals surface area (Å²) in [6.07, 6.45) is 3.07. The van der Waals surface area contributed by atoms with E-state index >= 15 is 0 Å². The molecule has 1 amide bonds. The van der Waals surface area contributed by atoms with Gasteiger partial charge in [-0.25, -0.2) is 0 Å². The third-order valence-corrected chi connectivity index (χ3v) is 3.96. The van der Waals surface area contributed by atoms with E-state index in [9.17, 15) is 4.79 Å². The van der Waals surface area contributed by atoms with Crippen LogP contribution in [0, 0.1) is 0 Å². The van der Waals surface area contributed by atoms with Crippen LogP contribution in [0.3, 0.4) is 0 Å². The summed E-state index contributed by atoms with van der Waals surface area (Å²) in [6, 6.07) is 8.27. The number of carbonyl (C=O) groups excluding carboxylic acids is 1. The second kappa shape index (κ2) is 6.18. The number of nitrogens with one attached hydrogen (secondary N) is 1. The van der Waals surface area contributed by atoms with Crippen molar-refractivity contribution in [2.75, 3.05) is 26.7 Å². The molecule has 0 aromatic heterocycles. The predicted octanol–water partition coefficient (Wildman–Crippen LogP) is 1.30. The van der Waals surface area contributed by atoms with Crippen molar-refractivity contribution in [2.24, 2.45) is 0 Å². The third-order valence-electron chi connectivity index (χ3n) is 3.96. The van der Waals surface area contributed by atoms with E-state index in [4.69, 9.17) is 9.47 Å². The van der Waals surface area contributed by atoms with Gasteiger partial charge in [-0.15, -0.1) is 0 Å². The number of rotatable bonds is 4. The number of hydrogen-bond acceptors (Lipinski definition) is 4. The highest BCUT2D eigenvalue weighted by Gasteiger charge is 2.29. The molecule has 0 saturated carbocycles. The van der Waals surface area contributed by atoms with Crippen LogP contribution in [-0.4, -0.2) is 43.6 Å². The molecule has 2 aliphatic heterocycles. The lowest BCUT2D eigenvalue weighted by molar-refractivity contribution is -0.125. The topological polar surface area (TPSA) is 50.8 Å². The molecule has 1 saturated heterocycles. The molecule has 112 valence electrons. The van der Waals surface area contributed by atoms with Crippen molar-refractivity contribution in [1.82, 2.24) is 10.2 Å². The van der Waals surface area contributed by atoms with Crippen LogP contribution in [-0.2, 0) is 16.1 Å². The molecule has 0 bridgehead atoms. The van der Waals surface area contributed by atoms with Gasteiger partial charge in [-0.1, -0.05) is 12.1 Å². The normalized spacial score (nSPS) is 22.0. The highest BCUT2D eigenvalue weighted by atomic mass is 16.5. The monoisotopic (exact) mass is 288 g/mol. The average molecular weight is 288 g/mol. The Morgan fingerprint density at radius 1 is 1.29 bits per heavy atom. The Labute approximate surface area is 124 Å². The summed E-state index contributed by atoms with van der Waals surface area (Å²) in [7, 11) is 1.66. The highest BCUT2D eigenvalue weighted by Crippen LogP contribution is 2.20. The van der Waals surface area contributed by atoms with E-state index in [1.807, 2.05) is 24.3 Å². The summed E-state index contributed by atoms with van der Waals surface area (Å²) in [5.74, 6) is 1.90. The van der Waals surface area contributed by atoms with Crippen LogP contribution >= 0.6 is 0 Å². The van der Waals surface area contributed by atoms with Gasteiger partial charge in [0.05, 0.1) is 20.2 Å². The van der Waals surface area contributed by atoms with Gasteiger partial charge < -0.3 is 14.8 Å². The van der Waals surface area contributed by atoms with Crippen LogP contribution in [0.15, 0.2) is 36.1 Å². The molecule has 5 heteroatoms. The number of fused-ring (bicyclic) bond motifs is 1. The lowest BCUT2D eigenvalue weighted by Gasteiger charge is -2.38. The first-order valence-electron chi connectivity index (χ1n) is 7.20. The molecular formula is C16H20N2O3. The average Bonchev–Trinajstić information content (AvgIpc) is 2.53. The zero-order valence-corrected chi connectivity index (χ0v) is 12.2. The summed E-state index contributed by atoms with van der Waals surface area (Å²) in [5.41, 5.74) is 1.11. The first kappa shape index (κ1) is 13.9. The predicted molar refractivity (Wildman–Crippen MR) is 78.9 cm³/mol. The van der Waals surface area contributed by atoms with Crippen molar-refractivity contribution in [3.05, 3.63) is 41.7 Å². The van der Waals surface area contributed by atoms with Crippen LogP contribution in [0.25, 0.3) is 0 Å². The Morgan fingerprint density at radius 2 is 2.10 bits per heavy atom. The second-order valence-corrected chi connectivity index (χ2v) is 5.41. The summed E-state index contributed by atoms with van der Waals surface area (Å²) in [4.78, 5) is 13.6. The van der Waals surface area contributed by atoms with Crippen molar-refractivity contribution in [2.45, 2.75) is 19.1 Å². The molecule has 1 unspecified atom stereocenters. The van der Waals surface area contributed by atoms with E-state index in [-0.39, 0.29) is 5.91 Å². The Bertz CT molecular complexity index is 539. The van der Waals surface area contributed by atoms with Crippen molar-refractivity contribution in [3.8, 4) is 5.75 Å². The maximum Gasteiger partial charge on any atom is 0.234 e. The van der Waals surface area contributed by atoms with Gasteiger partial charge in [0.2, 0.25) is 5.91 Å². The van der Waals surface area contributed by atoms with Crippen molar-refractivity contribution < 1.29 is 14.3 Å². The number of hydrogen-bond donors (Lipinski definition) is 1. The first-order valence-corrected chi connectivity index (χ1v) is 7.20. The van der Waals surface area contributed by atoms with E-state index in [1.54, 1.807) is 7.11 Å². The van der Waals surface area contributed by atoms with Crippen LogP contribution in [0.1, 0.15) is 12.0 Å². The van der Waals surface area contributed by atoms with Gasteiger partial charge in [0.1, 0.15) is 18.1 Å². The summed E-state index contributed by atoms with van der Waals surface area (Å²) in [5, 5.41) is 2.90. The number of benzene rings is 1. The molecule has 3 rings (SSSR count). The molecular weight excluding hydrogens is 268 g/mol. The lowest BCUT2D eigenvalue weighted by atomic mass is 10.0. The molecule has 1 fully saturated rings. The molecule has 1 atom stereocenters. The third kappa shape index (κ3) is 3.36. The molecule has 2 aliphatic rings. The molecule has 0 radical (unpaired) electrons. The molecule has 0 aliphatic carbocycles. The first-order chi connectivity index (χ1) is 10.2. The smallest absolute Gasteiger partial charge is 0.234 e. The van der Waals surface area contributed by atoms with Crippen molar-refractivity contribution >= 4 is 5.91 Å². The Hall–Kier alpha value is -2.01. The van der Waals surface area contributed by atoms with Gasteiger partial charge in [-0.05, 0) is 30.2 Å². The molecule has 1 aromatic rings. The number of methoxy groups -OCH3 is 1. The van der Waals surface area contributed by atoms with E-state index in [1.165, 1.54) is 0 Å². The van der Waals surface area contributed by atoms with Crippen LogP contribution in [0.2, 0.25) is 0 Å². The number of piperazine rings is 1. The van der Waals surface area contributed by atoms with Gasteiger partial charge in [0.25, 0.3) is 0 Å². The molecule has 2 heterocycles. The Balaban J connectivity index is 1.55. The standard InChI is InChI=1S/C16H20N2O3/c1-20-14-5-2-12(3-6-14)11-21-15-7-4-13-8-17-16(19)10-18(13)9-15/h2-3,5-7,13H,4,8-11H2,1H3,(H,17,19). The van der Waals surface area contributed by atoms with Crippen LogP contribution in [0.5, 0.6) is 5.75 Å². The molecule has 21 heavy (non-hydrogen) atoms. The Kier molecular flexibility index (Phi) is 4.10. The van der Waals surface area contributed by atoms with Crippen molar-refractivity contribution in [1.29, 1.82) is 0 Å².